The molecular weight excluding hydrogens is 174 g/mol. The minimum absolute atomic E-state index is 0.440. The average molecular weight is 186 g/mol. The van der Waals surface area contributed by atoms with Crippen LogP contribution >= 0.6 is 11.6 Å². The summed E-state index contributed by atoms with van der Waals surface area (Å²) in [4.78, 5) is 0. The molecule has 2 N–H and O–H groups in total. The minimum atomic E-state index is 0.440. The number of halogens is 1. The first-order chi connectivity index (χ1) is 5.69. The van der Waals surface area contributed by atoms with E-state index in [4.69, 9.17) is 22.1 Å². The average Bonchev–Trinajstić information content (AvgIpc) is 2.05. The fraction of sp³-hybridized carbons (Fsp3) is 0.333. The summed E-state index contributed by atoms with van der Waals surface area (Å²) in [5.74, 6) is 0.833. The first-order valence-electron chi connectivity index (χ1n) is 3.72. The highest BCUT2D eigenvalue weighted by atomic mass is 35.5. The maximum Gasteiger partial charge on any atom is 0.122 e. The molecule has 0 bridgehead atoms. The molecule has 0 radical (unpaired) electrons. The van der Waals surface area contributed by atoms with E-state index in [1.54, 1.807) is 7.11 Å². The Balaban J connectivity index is 3.18. The van der Waals surface area contributed by atoms with Crippen molar-refractivity contribution < 1.29 is 4.74 Å². The van der Waals surface area contributed by atoms with Crippen molar-refractivity contribution in [3.8, 4) is 5.75 Å². The molecule has 0 fully saturated rings. The van der Waals surface area contributed by atoms with Crippen LogP contribution in [0.15, 0.2) is 12.1 Å². The molecule has 2 nitrogen and oxygen atoms in total. The van der Waals surface area contributed by atoms with Crippen LogP contribution in [-0.2, 0) is 6.54 Å². The monoisotopic (exact) mass is 185 g/mol. The van der Waals surface area contributed by atoms with Gasteiger partial charge in [0.05, 0.1) is 7.11 Å². The maximum atomic E-state index is 5.92. The van der Waals surface area contributed by atoms with E-state index in [0.717, 1.165) is 16.9 Å². The highest BCUT2D eigenvalue weighted by Crippen LogP contribution is 2.25. The molecule has 1 rings (SSSR count). The van der Waals surface area contributed by atoms with Crippen LogP contribution in [0.1, 0.15) is 11.1 Å². The molecular formula is C9H12ClNO. The van der Waals surface area contributed by atoms with Crippen LogP contribution < -0.4 is 10.5 Å². The number of rotatable bonds is 2. The number of ether oxygens (including phenoxy) is 1. The quantitative estimate of drug-likeness (QED) is 0.766. The Morgan fingerprint density at radius 2 is 2.17 bits per heavy atom. The van der Waals surface area contributed by atoms with Crippen molar-refractivity contribution in [1.82, 2.24) is 0 Å². The van der Waals surface area contributed by atoms with E-state index in [0.29, 0.717) is 11.6 Å². The standard InChI is InChI=1S/C9H12ClNO/c1-6-3-8(10)7(5-11)4-9(6)12-2/h3-4H,5,11H2,1-2H3. The molecule has 0 spiro atoms. The number of hydrogen-bond acceptors (Lipinski definition) is 2. The number of methoxy groups -OCH3 is 1. The first-order valence-corrected chi connectivity index (χ1v) is 4.10. The Morgan fingerprint density at radius 3 is 2.67 bits per heavy atom. The van der Waals surface area contributed by atoms with E-state index in [1.165, 1.54) is 0 Å². The molecule has 3 heteroatoms. The predicted octanol–water partition coefficient (Wildman–Crippen LogP) is 2.12. The van der Waals surface area contributed by atoms with Crippen LogP contribution in [0.5, 0.6) is 5.75 Å². The van der Waals surface area contributed by atoms with Gasteiger partial charge in [-0.15, -0.1) is 0 Å². The van der Waals surface area contributed by atoms with E-state index in [1.807, 2.05) is 19.1 Å². The Labute approximate surface area is 77.3 Å². The second-order valence-corrected chi connectivity index (χ2v) is 3.02. The van der Waals surface area contributed by atoms with Crippen LogP contribution in [0.2, 0.25) is 5.02 Å². The number of nitrogens with two attached hydrogens (primary N) is 1. The van der Waals surface area contributed by atoms with Gasteiger partial charge in [-0.25, -0.2) is 0 Å². The second kappa shape index (κ2) is 3.78. The lowest BCUT2D eigenvalue weighted by Gasteiger charge is -2.08. The van der Waals surface area contributed by atoms with Crippen molar-refractivity contribution >= 4 is 11.6 Å². The van der Waals surface area contributed by atoms with E-state index < -0.39 is 0 Å². The first kappa shape index (κ1) is 9.36. The fourth-order valence-electron chi connectivity index (χ4n) is 1.07. The summed E-state index contributed by atoms with van der Waals surface area (Å²) >= 11 is 5.92. The maximum absolute atomic E-state index is 5.92. The Hall–Kier alpha value is -0.730. The van der Waals surface area contributed by atoms with E-state index in [2.05, 4.69) is 0 Å². The zero-order valence-corrected chi connectivity index (χ0v) is 7.98. The lowest BCUT2D eigenvalue weighted by Crippen LogP contribution is -1.99. The summed E-state index contributed by atoms with van der Waals surface area (Å²) in [7, 11) is 1.64. The van der Waals surface area contributed by atoms with Gasteiger partial charge in [0, 0.05) is 11.6 Å². The lowest BCUT2D eigenvalue weighted by molar-refractivity contribution is 0.411. The molecule has 0 unspecified atom stereocenters. The van der Waals surface area contributed by atoms with Crippen LogP contribution in [0, 0.1) is 6.92 Å². The van der Waals surface area contributed by atoms with Gasteiger partial charge in [-0.3, -0.25) is 0 Å². The molecule has 0 saturated heterocycles. The van der Waals surface area contributed by atoms with Crippen molar-refractivity contribution in [2.45, 2.75) is 13.5 Å². The summed E-state index contributed by atoms with van der Waals surface area (Å²) < 4.78 is 5.13. The van der Waals surface area contributed by atoms with Gasteiger partial charge in [0.15, 0.2) is 0 Å². The molecule has 0 aliphatic heterocycles. The SMILES string of the molecule is COc1cc(CN)c(Cl)cc1C. The van der Waals surface area contributed by atoms with E-state index >= 15 is 0 Å². The van der Waals surface area contributed by atoms with E-state index in [9.17, 15) is 0 Å². The Morgan fingerprint density at radius 1 is 1.50 bits per heavy atom. The molecule has 0 saturated carbocycles. The summed E-state index contributed by atoms with van der Waals surface area (Å²) in [5, 5.41) is 0.704. The zero-order chi connectivity index (χ0) is 9.14. The van der Waals surface area contributed by atoms with Gasteiger partial charge < -0.3 is 10.5 Å². The van der Waals surface area contributed by atoms with Crippen molar-refractivity contribution in [3.05, 3.63) is 28.3 Å². The Kier molecular flexibility index (Phi) is 2.95. The minimum Gasteiger partial charge on any atom is -0.496 e. The molecule has 0 atom stereocenters. The van der Waals surface area contributed by atoms with Gasteiger partial charge in [-0.1, -0.05) is 11.6 Å². The summed E-state index contributed by atoms with van der Waals surface area (Å²) in [6, 6.07) is 3.74. The topological polar surface area (TPSA) is 35.2 Å². The summed E-state index contributed by atoms with van der Waals surface area (Å²) in [6.45, 7) is 2.39. The molecule has 1 aromatic carbocycles. The molecule has 12 heavy (non-hydrogen) atoms. The molecule has 0 amide bonds. The zero-order valence-electron chi connectivity index (χ0n) is 7.23. The molecule has 0 aliphatic rings. The largest absolute Gasteiger partial charge is 0.496 e. The van der Waals surface area contributed by atoms with E-state index in [-0.39, 0.29) is 0 Å². The fourth-order valence-corrected chi connectivity index (χ4v) is 1.37. The van der Waals surface area contributed by atoms with Crippen molar-refractivity contribution in [1.29, 1.82) is 0 Å². The van der Waals surface area contributed by atoms with Gasteiger partial charge in [0.2, 0.25) is 0 Å². The molecule has 1 aromatic rings. The van der Waals surface area contributed by atoms with Gasteiger partial charge in [0.25, 0.3) is 0 Å². The summed E-state index contributed by atoms with van der Waals surface area (Å²) in [5.41, 5.74) is 7.43. The number of aryl methyl sites for hydroxylation is 1. The third-order valence-corrected chi connectivity index (χ3v) is 2.14. The van der Waals surface area contributed by atoms with Gasteiger partial charge in [-0.2, -0.15) is 0 Å². The van der Waals surface area contributed by atoms with Crippen LogP contribution in [0.3, 0.4) is 0 Å². The third kappa shape index (κ3) is 1.71. The smallest absolute Gasteiger partial charge is 0.122 e. The van der Waals surface area contributed by atoms with Crippen molar-refractivity contribution in [3.63, 3.8) is 0 Å². The summed E-state index contributed by atoms with van der Waals surface area (Å²) in [6.07, 6.45) is 0. The second-order valence-electron chi connectivity index (χ2n) is 2.62. The highest BCUT2D eigenvalue weighted by Gasteiger charge is 2.03. The van der Waals surface area contributed by atoms with Gasteiger partial charge >= 0.3 is 0 Å². The van der Waals surface area contributed by atoms with Crippen molar-refractivity contribution in [2.75, 3.05) is 7.11 Å². The normalized spacial score (nSPS) is 10.0. The third-order valence-electron chi connectivity index (χ3n) is 1.78. The lowest BCUT2D eigenvalue weighted by atomic mass is 10.1. The Bertz CT molecular complexity index is 261. The van der Waals surface area contributed by atoms with Crippen molar-refractivity contribution in [2.24, 2.45) is 5.73 Å². The predicted molar refractivity (Wildman–Crippen MR) is 50.6 cm³/mol. The van der Waals surface area contributed by atoms with Gasteiger partial charge in [0.1, 0.15) is 5.75 Å². The van der Waals surface area contributed by atoms with Gasteiger partial charge in [-0.05, 0) is 30.2 Å². The molecule has 66 valence electrons. The molecule has 0 aliphatic carbocycles. The van der Waals surface area contributed by atoms with Crippen LogP contribution in [0.4, 0.5) is 0 Å². The number of hydrogen-bond donors (Lipinski definition) is 1. The van der Waals surface area contributed by atoms with Crippen LogP contribution in [-0.4, -0.2) is 7.11 Å². The number of benzene rings is 1. The highest BCUT2D eigenvalue weighted by molar-refractivity contribution is 6.31. The molecule has 0 aromatic heterocycles. The van der Waals surface area contributed by atoms with Crippen LogP contribution in [0.25, 0.3) is 0 Å². The molecule has 0 heterocycles.